The molecule has 1 heterocycles. The molecule has 0 fully saturated rings. The highest BCUT2D eigenvalue weighted by Crippen LogP contribution is 2.35. The van der Waals surface area contributed by atoms with Gasteiger partial charge in [-0.1, -0.05) is 28.1 Å². The van der Waals surface area contributed by atoms with Gasteiger partial charge in [0.2, 0.25) is 0 Å². The average Bonchev–Trinajstić information content (AvgIpc) is 2.92. The third-order valence-corrected chi connectivity index (χ3v) is 4.38. The van der Waals surface area contributed by atoms with Crippen molar-refractivity contribution < 1.29 is 14.7 Å². The fourth-order valence-corrected chi connectivity index (χ4v) is 3.13. The van der Waals surface area contributed by atoms with Gasteiger partial charge < -0.3 is 10.0 Å². The lowest BCUT2D eigenvalue weighted by molar-refractivity contribution is 0.0987. The smallest absolute Gasteiger partial charge is 0.262 e. The Labute approximate surface area is 130 Å². The van der Waals surface area contributed by atoms with E-state index < -0.39 is 0 Å². The van der Waals surface area contributed by atoms with E-state index in [4.69, 9.17) is 0 Å². The summed E-state index contributed by atoms with van der Waals surface area (Å²) < 4.78 is 0.973. The molecule has 0 unspecified atom stereocenters. The van der Waals surface area contributed by atoms with Crippen molar-refractivity contribution in [1.82, 2.24) is 0 Å². The number of nitrogens with zero attached hydrogens (tertiary/aromatic N) is 1. The molecule has 0 radical (unpaired) electrons. The Bertz CT molecular complexity index is 742. The first kappa shape index (κ1) is 13.8. The molecule has 0 aromatic heterocycles. The van der Waals surface area contributed by atoms with E-state index in [-0.39, 0.29) is 22.8 Å². The standard InChI is InChI=1S/C16H12BrNO3/c17-13-5-2-6-14-11(13)7-8-18(14)16(21)12-4-1-3-10(9-19)15(12)20/h1-6,9,20H,7-8H2. The molecule has 21 heavy (non-hydrogen) atoms. The number of hydrogen-bond acceptors (Lipinski definition) is 3. The summed E-state index contributed by atoms with van der Waals surface area (Å²) in [6.45, 7) is 0.557. The van der Waals surface area contributed by atoms with E-state index in [1.165, 1.54) is 12.1 Å². The van der Waals surface area contributed by atoms with E-state index in [1.54, 1.807) is 11.0 Å². The second kappa shape index (κ2) is 5.33. The van der Waals surface area contributed by atoms with Crippen molar-refractivity contribution in [3.63, 3.8) is 0 Å². The molecule has 0 bridgehead atoms. The number of rotatable bonds is 2. The average molecular weight is 346 g/mol. The SMILES string of the molecule is O=Cc1cccc(C(=O)N2CCc3c(Br)cccc32)c1O. The largest absolute Gasteiger partial charge is 0.506 e. The quantitative estimate of drug-likeness (QED) is 0.850. The van der Waals surface area contributed by atoms with E-state index in [2.05, 4.69) is 15.9 Å². The molecule has 2 aromatic rings. The van der Waals surface area contributed by atoms with Crippen LogP contribution < -0.4 is 4.90 Å². The number of carbonyl (C=O) groups excluding carboxylic acids is 2. The summed E-state index contributed by atoms with van der Waals surface area (Å²) in [7, 11) is 0. The lowest BCUT2D eigenvalue weighted by Crippen LogP contribution is -2.29. The number of phenolic OH excluding ortho intramolecular Hbond substituents is 1. The fourth-order valence-electron chi connectivity index (χ4n) is 2.58. The van der Waals surface area contributed by atoms with E-state index in [9.17, 15) is 14.7 Å². The molecular formula is C16H12BrNO3. The molecule has 3 rings (SSSR count). The van der Waals surface area contributed by atoms with Gasteiger partial charge in [0.25, 0.3) is 5.91 Å². The molecule has 1 N–H and O–H groups in total. The number of para-hydroxylation sites is 1. The Morgan fingerprint density at radius 3 is 2.76 bits per heavy atom. The maximum atomic E-state index is 12.6. The van der Waals surface area contributed by atoms with Gasteiger partial charge in [0, 0.05) is 16.7 Å². The summed E-state index contributed by atoms with van der Waals surface area (Å²) in [5, 5.41) is 10.0. The van der Waals surface area contributed by atoms with Crippen LogP contribution in [0.3, 0.4) is 0 Å². The zero-order chi connectivity index (χ0) is 15.0. The van der Waals surface area contributed by atoms with Gasteiger partial charge >= 0.3 is 0 Å². The number of fused-ring (bicyclic) bond motifs is 1. The minimum Gasteiger partial charge on any atom is -0.506 e. The van der Waals surface area contributed by atoms with E-state index in [0.29, 0.717) is 12.8 Å². The minimum atomic E-state index is -0.298. The lowest BCUT2D eigenvalue weighted by atomic mass is 10.1. The molecule has 0 atom stereocenters. The van der Waals surface area contributed by atoms with Crippen molar-refractivity contribution >= 4 is 33.8 Å². The van der Waals surface area contributed by atoms with Gasteiger partial charge in [0.05, 0.1) is 11.1 Å². The number of aromatic hydroxyl groups is 1. The molecule has 1 amide bonds. The monoisotopic (exact) mass is 345 g/mol. The maximum absolute atomic E-state index is 12.6. The number of carbonyl (C=O) groups is 2. The van der Waals surface area contributed by atoms with Crippen LogP contribution in [-0.2, 0) is 6.42 Å². The van der Waals surface area contributed by atoms with Crippen LogP contribution in [0.5, 0.6) is 5.75 Å². The zero-order valence-electron chi connectivity index (χ0n) is 11.0. The van der Waals surface area contributed by atoms with Crippen LogP contribution in [0, 0.1) is 0 Å². The van der Waals surface area contributed by atoms with Crippen molar-refractivity contribution in [2.24, 2.45) is 0 Å². The van der Waals surface area contributed by atoms with Gasteiger partial charge in [0.1, 0.15) is 5.75 Å². The topological polar surface area (TPSA) is 57.6 Å². The summed E-state index contributed by atoms with van der Waals surface area (Å²) in [5.74, 6) is -0.561. The van der Waals surface area contributed by atoms with Gasteiger partial charge in [-0.25, -0.2) is 0 Å². The molecule has 5 heteroatoms. The third-order valence-electron chi connectivity index (χ3n) is 3.64. The Kier molecular flexibility index (Phi) is 3.51. The van der Waals surface area contributed by atoms with Gasteiger partial charge in [-0.3, -0.25) is 9.59 Å². The molecule has 1 aliphatic heterocycles. The maximum Gasteiger partial charge on any atom is 0.262 e. The Balaban J connectivity index is 2.03. The second-order valence-electron chi connectivity index (χ2n) is 4.81. The molecule has 0 saturated carbocycles. The van der Waals surface area contributed by atoms with Crippen LogP contribution in [0.2, 0.25) is 0 Å². The number of halogens is 1. The minimum absolute atomic E-state index is 0.120. The van der Waals surface area contributed by atoms with Crippen LogP contribution in [0.1, 0.15) is 26.3 Å². The highest BCUT2D eigenvalue weighted by Gasteiger charge is 2.28. The number of amides is 1. The molecule has 1 aliphatic rings. The number of aldehydes is 1. The number of anilines is 1. The number of phenols is 1. The van der Waals surface area contributed by atoms with E-state index >= 15 is 0 Å². The lowest BCUT2D eigenvalue weighted by Gasteiger charge is -2.18. The molecule has 0 spiro atoms. The van der Waals surface area contributed by atoms with Gasteiger partial charge in [-0.15, -0.1) is 0 Å². The van der Waals surface area contributed by atoms with Gasteiger partial charge in [-0.2, -0.15) is 0 Å². The Hall–Kier alpha value is -2.14. The highest BCUT2D eigenvalue weighted by molar-refractivity contribution is 9.10. The zero-order valence-corrected chi connectivity index (χ0v) is 12.6. The first-order valence-electron chi connectivity index (χ1n) is 6.50. The third kappa shape index (κ3) is 2.23. The fraction of sp³-hybridized carbons (Fsp3) is 0.125. The van der Waals surface area contributed by atoms with Crippen LogP contribution in [0.15, 0.2) is 40.9 Å². The Morgan fingerprint density at radius 1 is 1.24 bits per heavy atom. The van der Waals surface area contributed by atoms with Crippen molar-refractivity contribution in [2.75, 3.05) is 11.4 Å². The molecule has 106 valence electrons. The van der Waals surface area contributed by atoms with Crippen molar-refractivity contribution in [3.05, 3.63) is 57.6 Å². The van der Waals surface area contributed by atoms with Crippen LogP contribution in [0.25, 0.3) is 0 Å². The molecular weight excluding hydrogens is 334 g/mol. The number of benzene rings is 2. The van der Waals surface area contributed by atoms with Gasteiger partial charge in [-0.05, 0) is 36.2 Å². The first-order chi connectivity index (χ1) is 10.1. The van der Waals surface area contributed by atoms with Gasteiger partial charge in [0.15, 0.2) is 6.29 Å². The summed E-state index contributed by atoms with van der Waals surface area (Å²) in [6, 6.07) is 10.3. The summed E-state index contributed by atoms with van der Waals surface area (Å²) in [5.41, 5.74) is 2.18. The van der Waals surface area contributed by atoms with Crippen LogP contribution in [-0.4, -0.2) is 23.8 Å². The molecule has 4 nitrogen and oxygen atoms in total. The van der Waals surface area contributed by atoms with E-state index in [1.807, 2.05) is 18.2 Å². The predicted molar refractivity (Wildman–Crippen MR) is 83.0 cm³/mol. The summed E-state index contributed by atoms with van der Waals surface area (Å²) >= 11 is 3.48. The van der Waals surface area contributed by atoms with Crippen LogP contribution in [0.4, 0.5) is 5.69 Å². The van der Waals surface area contributed by atoms with E-state index in [0.717, 1.165) is 22.1 Å². The van der Waals surface area contributed by atoms with Crippen molar-refractivity contribution in [2.45, 2.75) is 6.42 Å². The van der Waals surface area contributed by atoms with Crippen LogP contribution >= 0.6 is 15.9 Å². The highest BCUT2D eigenvalue weighted by atomic mass is 79.9. The molecule has 0 aliphatic carbocycles. The normalized spacial score (nSPS) is 13.1. The molecule has 0 saturated heterocycles. The second-order valence-corrected chi connectivity index (χ2v) is 5.66. The summed E-state index contributed by atoms with van der Waals surface area (Å²) in [6.07, 6.45) is 1.30. The number of hydrogen-bond donors (Lipinski definition) is 1. The first-order valence-corrected chi connectivity index (χ1v) is 7.29. The van der Waals surface area contributed by atoms with Crippen molar-refractivity contribution in [1.29, 1.82) is 0 Å². The molecule has 2 aromatic carbocycles. The summed E-state index contributed by atoms with van der Waals surface area (Å²) in [4.78, 5) is 25.1. The van der Waals surface area contributed by atoms with Crippen molar-refractivity contribution in [3.8, 4) is 5.75 Å². The Morgan fingerprint density at radius 2 is 2.00 bits per heavy atom. The predicted octanol–water partition coefficient (Wildman–Crippen LogP) is 3.17.